The largest absolute Gasteiger partial charge is 0.497 e. The molecular formula is C12H13F2NO6. The molecular weight excluding hydrogens is 292 g/mol. The van der Waals surface area contributed by atoms with Gasteiger partial charge in [-0.15, -0.1) is 0 Å². The van der Waals surface area contributed by atoms with Gasteiger partial charge in [0.25, 0.3) is 0 Å². The maximum Gasteiger partial charge on any atom is 0.387 e. The van der Waals surface area contributed by atoms with Crippen LogP contribution in [-0.2, 0) is 14.3 Å². The predicted molar refractivity (Wildman–Crippen MR) is 66.7 cm³/mol. The standard InChI is InChI=1S/C12H13F2NO6/c1-19-7-2-3-9(21-12(13)14)8(4-7)15-10(16)5-20-6-11(17)18/h2-4,12H,5-6H2,1H3,(H,15,16)(H,17,18). The van der Waals surface area contributed by atoms with Crippen LogP contribution < -0.4 is 14.8 Å². The predicted octanol–water partition coefficient (Wildman–Crippen LogP) is 1.34. The van der Waals surface area contributed by atoms with Crippen molar-refractivity contribution in [3.8, 4) is 11.5 Å². The Morgan fingerprint density at radius 3 is 2.62 bits per heavy atom. The number of hydrogen-bond donors (Lipinski definition) is 2. The Hall–Kier alpha value is -2.42. The normalized spacial score (nSPS) is 10.3. The molecule has 0 saturated carbocycles. The number of carbonyl (C=O) groups excluding carboxylic acids is 1. The van der Waals surface area contributed by atoms with Gasteiger partial charge in [-0.3, -0.25) is 4.79 Å². The summed E-state index contributed by atoms with van der Waals surface area (Å²) in [5.74, 6) is -1.88. The van der Waals surface area contributed by atoms with Crippen molar-refractivity contribution in [3.63, 3.8) is 0 Å². The highest BCUT2D eigenvalue weighted by atomic mass is 19.3. The van der Waals surface area contributed by atoms with E-state index in [4.69, 9.17) is 9.84 Å². The molecule has 0 bridgehead atoms. The number of alkyl halides is 2. The summed E-state index contributed by atoms with van der Waals surface area (Å²) in [5.41, 5.74) is -0.0430. The fraction of sp³-hybridized carbons (Fsp3) is 0.333. The van der Waals surface area contributed by atoms with Crippen LogP contribution in [0.25, 0.3) is 0 Å². The second-order valence-electron chi connectivity index (χ2n) is 3.68. The SMILES string of the molecule is COc1ccc(OC(F)F)c(NC(=O)COCC(=O)O)c1. The molecule has 0 aromatic heterocycles. The molecule has 0 radical (unpaired) electrons. The van der Waals surface area contributed by atoms with E-state index in [1.165, 1.54) is 25.3 Å². The lowest BCUT2D eigenvalue weighted by Gasteiger charge is -2.13. The highest BCUT2D eigenvalue weighted by Gasteiger charge is 2.13. The summed E-state index contributed by atoms with van der Waals surface area (Å²) >= 11 is 0. The quantitative estimate of drug-likeness (QED) is 0.752. The number of amides is 1. The number of ether oxygens (including phenoxy) is 3. The minimum absolute atomic E-state index is 0.0430. The van der Waals surface area contributed by atoms with E-state index in [-0.39, 0.29) is 11.4 Å². The number of anilines is 1. The lowest BCUT2D eigenvalue weighted by atomic mass is 10.2. The first-order chi connectivity index (χ1) is 9.92. The van der Waals surface area contributed by atoms with Crippen molar-refractivity contribution >= 4 is 17.6 Å². The number of carboxylic acid groups (broad SMARTS) is 1. The molecule has 0 aliphatic heterocycles. The van der Waals surface area contributed by atoms with Gasteiger partial charge in [0.05, 0.1) is 12.8 Å². The third-order valence-corrected chi connectivity index (χ3v) is 2.14. The second-order valence-corrected chi connectivity index (χ2v) is 3.68. The highest BCUT2D eigenvalue weighted by molar-refractivity contribution is 5.93. The van der Waals surface area contributed by atoms with E-state index >= 15 is 0 Å². The molecule has 0 aliphatic rings. The van der Waals surface area contributed by atoms with Gasteiger partial charge in [-0.25, -0.2) is 4.79 Å². The van der Waals surface area contributed by atoms with Crippen molar-refractivity contribution in [2.24, 2.45) is 0 Å². The first-order valence-corrected chi connectivity index (χ1v) is 5.64. The molecule has 7 nitrogen and oxygen atoms in total. The fourth-order valence-corrected chi connectivity index (χ4v) is 1.35. The van der Waals surface area contributed by atoms with Gasteiger partial charge in [0.15, 0.2) is 0 Å². The average Bonchev–Trinajstić information content (AvgIpc) is 2.39. The van der Waals surface area contributed by atoms with Crippen molar-refractivity contribution in [2.45, 2.75) is 6.61 Å². The number of carboxylic acids is 1. The van der Waals surface area contributed by atoms with Crippen LogP contribution in [0.4, 0.5) is 14.5 Å². The van der Waals surface area contributed by atoms with Gasteiger partial charge in [0.2, 0.25) is 5.91 Å². The summed E-state index contributed by atoms with van der Waals surface area (Å²) in [6, 6.07) is 3.87. The van der Waals surface area contributed by atoms with Crippen molar-refractivity contribution in [2.75, 3.05) is 25.6 Å². The molecule has 0 aliphatic carbocycles. The van der Waals surface area contributed by atoms with Crippen LogP contribution in [0.1, 0.15) is 0 Å². The number of rotatable bonds is 8. The van der Waals surface area contributed by atoms with E-state index in [0.717, 1.165) is 0 Å². The number of aliphatic carboxylic acids is 1. The zero-order chi connectivity index (χ0) is 15.8. The Balaban J connectivity index is 2.74. The summed E-state index contributed by atoms with van der Waals surface area (Å²) in [7, 11) is 1.37. The van der Waals surface area contributed by atoms with Gasteiger partial charge in [-0.1, -0.05) is 0 Å². The van der Waals surface area contributed by atoms with Gasteiger partial charge < -0.3 is 24.6 Å². The molecule has 1 aromatic carbocycles. The third kappa shape index (κ3) is 6.04. The number of carbonyl (C=O) groups is 2. The number of benzene rings is 1. The maximum atomic E-state index is 12.3. The summed E-state index contributed by atoms with van der Waals surface area (Å²) in [6.07, 6.45) is 0. The van der Waals surface area contributed by atoms with Crippen LogP contribution in [0, 0.1) is 0 Å². The first kappa shape index (κ1) is 16.6. The Morgan fingerprint density at radius 1 is 1.33 bits per heavy atom. The minimum Gasteiger partial charge on any atom is -0.497 e. The van der Waals surface area contributed by atoms with Crippen LogP contribution in [0.5, 0.6) is 11.5 Å². The number of nitrogens with one attached hydrogen (secondary N) is 1. The summed E-state index contributed by atoms with van der Waals surface area (Å²) in [6.45, 7) is -4.25. The molecule has 1 rings (SSSR count). The van der Waals surface area contributed by atoms with E-state index in [9.17, 15) is 18.4 Å². The molecule has 21 heavy (non-hydrogen) atoms. The Bertz CT molecular complexity index is 509. The van der Waals surface area contributed by atoms with Crippen LogP contribution in [-0.4, -0.2) is 43.9 Å². The molecule has 0 spiro atoms. The molecule has 0 saturated heterocycles. The average molecular weight is 305 g/mol. The third-order valence-electron chi connectivity index (χ3n) is 2.14. The van der Waals surface area contributed by atoms with Crippen LogP contribution in [0.15, 0.2) is 18.2 Å². The lowest BCUT2D eigenvalue weighted by Crippen LogP contribution is -2.21. The second kappa shape index (κ2) is 8.00. The van der Waals surface area contributed by atoms with Crippen LogP contribution >= 0.6 is 0 Å². The molecule has 0 heterocycles. The highest BCUT2D eigenvalue weighted by Crippen LogP contribution is 2.30. The van der Waals surface area contributed by atoms with Crippen molar-refractivity contribution in [1.82, 2.24) is 0 Å². The van der Waals surface area contributed by atoms with Crippen molar-refractivity contribution in [3.05, 3.63) is 18.2 Å². The molecule has 0 unspecified atom stereocenters. The molecule has 1 amide bonds. The summed E-state index contributed by atoms with van der Waals surface area (Å²) in [5, 5.41) is 10.6. The summed E-state index contributed by atoms with van der Waals surface area (Å²) in [4.78, 5) is 21.7. The smallest absolute Gasteiger partial charge is 0.387 e. The minimum atomic E-state index is -3.06. The van der Waals surface area contributed by atoms with Gasteiger partial charge in [0, 0.05) is 6.07 Å². The fourth-order valence-electron chi connectivity index (χ4n) is 1.35. The van der Waals surface area contributed by atoms with Crippen molar-refractivity contribution < 1.29 is 37.7 Å². The molecule has 1 aromatic rings. The maximum absolute atomic E-state index is 12.3. The Morgan fingerprint density at radius 2 is 2.05 bits per heavy atom. The van der Waals surface area contributed by atoms with Crippen LogP contribution in [0.3, 0.4) is 0 Å². The number of methoxy groups -OCH3 is 1. The lowest BCUT2D eigenvalue weighted by molar-refractivity contribution is -0.143. The number of halogens is 2. The monoisotopic (exact) mass is 305 g/mol. The van der Waals surface area contributed by atoms with Gasteiger partial charge in [-0.05, 0) is 12.1 Å². The zero-order valence-electron chi connectivity index (χ0n) is 11.0. The van der Waals surface area contributed by atoms with E-state index < -0.39 is 31.7 Å². The zero-order valence-corrected chi connectivity index (χ0v) is 11.0. The van der Waals surface area contributed by atoms with Gasteiger partial charge in [-0.2, -0.15) is 8.78 Å². The Labute approximate surface area is 118 Å². The molecule has 0 fully saturated rings. The van der Waals surface area contributed by atoms with E-state index in [0.29, 0.717) is 5.75 Å². The van der Waals surface area contributed by atoms with E-state index in [2.05, 4.69) is 14.8 Å². The molecule has 0 atom stereocenters. The summed E-state index contributed by atoms with van der Waals surface area (Å²) < 4.78 is 38.2. The molecule has 9 heteroatoms. The van der Waals surface area contributed by atoms with Crippen LogP contribution in [0.2, 0.25) is 0 Å². The van der Waals surface area contributed by atoms with E-state index in [1.807, 2.05) is 0 Å². The first-order valence-electron chi connectivity index (χ1n) is 5.64. The molecule has 116 valence electrons. The topological polar surface area (TPSA) is 94.1 Å². The van der Waals surface area contributed by atoms with Gasteiger partial charge >= 0.3 is 12.6 Å². The van der Waals surface area contributed by atoms with Gasteiger partial charge in [0.1, 0.15) is 24.7 Å². The van der Waals surface area contributed by atoms with E-state index in [1.54, 1.807) is 0 Å². The molecule has 2 N–H and O–H groups in total. The number of hydrogen-bond acceptors (Lipinski definition) is 5. The van der Waals surface area contributed by atoms with Crippen molar-refractivity contribution in [1.29, 1.82) is 0 Å². The Kier molecular flexibility index (Phi) is 6.34.